The Morgan fingerprint density at radius 2 is 1.95 bits per heavy atom. The van der Waals surface area contributed by atoms with Crippen molar-refractivity contribution >= 4 is 23.2 Å². The van der Waals surface area contributed by atoms with Gasteiger partial charge in [0, 0.05) is 22.7 Å². The summed E-state index contributed by atoms with van der Waals surface area (Å²) in [5.74, 6) is 8.11. The molecule has 0 fully saturated rings. The fourth-order valence-corrected chi connectivity index (χ4v) is 2.25. The molecule has 2 aromatic rings. The van der Waals surface area contributed by atoms with Crippen LogP contribution in [0.1, 0.15) is 17.0 Å². The van der Waals surface area contributed by atoms with Crippen LogP contribution in [0.25, 0.3) is 0 Å². The number of hydrogen-bond donors (Lipinski definition) is 3. The first kappa shape index (κ1) is 15.3. The van der Waals surface area contributed by atoms with Crippen molar-refractivity contribution in [3.05, 3.63) is 40.2 Å². The lowest BCUT2D eigenvalue weighted by Crippen LogP contribution is -2.14. The van der Waals surface area contributed by atoms with Gasteiger partial charge in [0.05, 0.1) is 7.11 Å². The molecule has 0 saturated heterocycles. The number of ether oxygens (including phenoxy) is 1. The Labute approximate surface area is 128 Å². The van der Waals surface area contributed by atoms with Gasteiger partial charge >= 0.3 is 0 Å². The Morgan fingerprint density at radius 1 is 1.24 bits per heavy atom. The minimum atomic E-state index is 0.490. The second kappa shape index (κ2) is 6.60. The summed E-state index contributed by atoms with van der Waals surface area (Å²) in [5, 5.41) is 3.89. The molecule has 0 aliphatic rings. The molecule has 21 heavy (non-hydrogen) atoms. The van der Waals surface area contributed by atoms with Gasteiger partial charge in [-0.15, -0.1) is 0 Å². The molecular formula is C14H18ClN5O. The van der Waals surface area contributed by atoms with Crippen LogP contribution in [0.2, 0.25) is 5.02 Å². The second-order valence-corrected chi connectivity index (χ2v) is 4.92. The van der Waals surface area contributed by atoms with Crippen molar-refractivity contribution in [3.63, 3.8) is 0 Å². The van der Waals surface area contributed by atoms with Crippen LogP contribution in [0.3, 0.4) is 0 Å². The van der Waals surface area contributed by atoms with Crippen molar-refractivity contribution in [2.45, 2.75) is 20.4 Å². The van der Waals surface area contributed by atoms with Crippen molar-refractivity contribution in [2.24, 2.45) is 5.84 Å². The van der Waals surface area contributed by atoms with Crippen molar-refractivity contribution in [2.75, 3.05) is 17.9 Å². The number of aromatic nitrogens is 2. The van der Waals surface area contributed by atoms with Gasteiger partial charge in [-0.2, -0.15) is 0 Å². The van der Waals surface area contributed by atoms with Gasteiger partial charge in [-0.3, -0.25) is 0 Å². The van der Waals surface area contributed by atoms with Gasteiger partial charge in [-0.1, -0.05) is 17.7 Å². The predicted octanol–water partition coefficient (Wildman–Crippen LogP) is 2.65. The third-order valence-corrected chi connectivity index (χ3v) is 3.48. The van der Waals surface area contributed by atoms with E-state index in [2.05, 4.69) is 20.7 Å². The Hall–Kier alpha value is -2.05. The minimum Gasteiger partial charge on any atom is -0.496 e. The molecule has 1 aromatic carbocycles. The number of anilines is 2. The molecule has 0 radical (unpaired) electrons. The van der Waals surface area contributed by atoms with E-state index >= 15 is 0 Å². The van der Waals surface area contributed by atoms with E-state index < -0.39 is 0 Å². The maximum absolute atomic E-state index is 6.22. The Kier molecular flexibility index (Phi) is 4.82. The summed E-state index contributed by atoms with van der Waals surface area (Å²) < 4.78 is 5.32. The molecular weight excluding hydrogens is 290 g/mol. The summed E-state index contributed by atoms with van der Waals surface area (Å²) in [6.45, 7) is 4.19. The zero-order valence-electron chi connectivity index (χ0n) is 12.2. The molecule has 7 heteroatoms. The summed E-state index contributed by atoms with van der Waals surface area (Å²) >= 11 is 6.22. The van der Waals surface area contributed by atoms with Gasteiger partial charge in [0.2, 0.25) is 0 Å². The molecule has 0 saturated carbocycles. The number of aryl methyl sites for hydroxylation is 1. The van der Waals surface area contributed by atoms with Crippen LogP contribution in [0.15, 0.2) is 18.2 Å². The Balaban J connectivity index is 2.27. The fourth-order valence-electron chi connectivity index (χ4n) is 2.01. The van der Waals surface area contributed by atoms with Crippen LogP contribution in [0.4, 0.5) is 11.6 Å². The third kappa shape index (κ3) is 3.34. The molecule has 4 N–H and O–H groups in total. The minimum absolute atomic E-state index is 0.490. The molecule has 0 aliphatic carbocycles. The lowest BCUT2D eigenvalue weighted by molar-refractivity contribution is 0.410. The van der Waals surface area contributed by atoms with Crippen LogP contribution in [0.5, 0.6) is 5.75 Å². The molecule has 0 unspecified atom stereocenters. The maximum Gasteiger partial charge on any atom is 0.148 e. The highest BCUT2D eigenvalue weighted by molar-refractivity contribution is 6.31. The van der Waals surface area contributed by atoms with Crippen molar-refractivity contribution in [1.29, 1.82) is 0 Å². The summed E-state index contributed by atoms with van der Waals surface area (Å²) in [6, 6.07) is 5.54. The quantitative estimate of drug-likeness (QED) is 0.581. The number of nitrogens with zero attached hydrogens (tertiary/aromatic N) is 2. The molecule has 0 atom stereocenters. The Morgan fingerprint density at radius 3 is 2.62 bits per heavy atom. The first-order valence-corrected chi connectivity index (χ1v) is 6.81. The lowest BCUT2D eigenvalue weighted by Gasteiger charge is -2.15. The molecule has 0 bridgehead atoms. The summed E-state index contributed by atoms with van der Waals surface area (Å²) in [4.78, 5) is 8.60. The largest absolute Gasteiger partial charge is 0.496 e. The second-order valence-electron chi connectivity index (χ2n) is 4.51. The smallest absolute Gasteiger partial charge is 0.148 e. The van der Waals surface area contributed by atoms with Crippen LogP contribution in [-0.4, -0.2) is 17.1 Å². The van der Waals surface area contributed by atoms with E-state index in [1.807, 2.05) is 32.0 Å². The number of methoxy groups -OCH3 is 1. The molecule has 0 aliphatic heterocycles. The van der Waals surface area contributed by atoms with Gasteiger partial charge in [-0.25, -0.2) is 15.8 Å². The summed E-state index contributed by atoms with van der Waals surface area (Å²) in [7, 11) is 1.62. The summed E-state index contributed by atoms with van der Waals surface area (Å²) in [5.41, 5.74) is 4.28. The Bertz CT molecular complexity index is 648. The molecule has 2 rings (SSSR count). The van der Waals surface area contributed by atoms with Crippen LogP contribution in [0, 0.1) is 13.8 Å². The van der Waals surface area contributed by atoms with E-state index in [0.717, 1.165) is 16.9 Å². The van der Waals surface area contributed by atoms with E-state index in [-0.39, 0.29) is 0 Å². The van der Waals surface area contributed by atoms with Crippen LogP contribution in [-0.2, 0) is 6.54 Å². The topological polar surface area (TPSA) is 85.1 Å². The van der Waals surface area contributed by atoms with E-state index in [1.165, 1.54) is 0 Å². The highest BCUT2D eigenvalue weighted by Crippen LogP contribution is 2.28. The van der Waals surface area contributed by atoms with E-state index in [4.69, 9.17) is 22.2 Å². The van der Waals surface area contributed by atoms with Gasteiger partial charge in [0.25, 0.3) is 0 Å². The SMILES string of the molecule is COc1cccc(Cl)c1CNc1nc(C)nc(NN)c1C. The lowest BCUT2D eigenvalue weighted by atomic mass is 10.2. The van der Waals surface area contributed by atoms with Crippen molar-refractivity contribution in [3.8, 4) is 5.75 Å². The molecule has 1 heterocycles. The van der Waals surface area contributed by atoms with E-state index in [0.29, 0.717) is 29.0 Å². The number of rotatable bonds is 5. The number of nitrogens with one attached hydrogen (secondary N) is 2. The normalized spacial score (nSPS) is 10.3. The fraction of sp³-hybridized carbons (Fsp3) is 0.286. The highest BCUT2D eigenvalue weighted by Gasteiger charge is 2.11. The molecule has 112 valence electrons. The predicted molar refractivity (Wildman–Crippen MR) is 84.6 cm³/mol. The number of nitrogen functional groups attached to an aromatic ring is 1. The van der Waals surface area contributed by atoms with Gasteiger partial charge < -0.3 is 15.5 Å². The zero-order valence-corrected chi connectivity index (χ0v) is 13.0. The number of hydrazine groups is 1. The third-order valence-electron chi connectivity index (χ3n) is 3.12. The van der Waals surface area contributed by atoms with Gasteiger partial charge in [0.15, 0.2) is 0 Å². The molecule has 6 nitrogen and oxygen atoms in total. The average Bonchev–Trinajstić information content (AvgIpc) is 2.48. The number of nitrogens with two attached hydrogens (primary N) is 1. The zero-order chi connectivity index (χ0) is 15.4. The number of hydrogen-bond acceptors (Lipinski definition) is 6. The molecule has 0 amide bonds. The van der Waals surface area contributed by atoms with Crippen LogP contribution >= 0.6 is 11.6 Å². The highest BCUT2D eigenvalue weighted by atomic mass is 35.5. The molecule has 1 aromatic heterocycles. The maximum atomic E-state index is 6.22. The summed E-state index contributed by atoms with van der Waals surface area (Å²) in [6.07, 6.45) is 0. The number of benzene rings is 1. The van der Waals surface area contributed by atoms with Crippen molar-refractivity contribution < 1.29 is 4.74 Å². The number of halogens is 1. The first-order chi connectivity index (χ1) is 10.1. The monoisotopic (exact) mass is 307 g/mol. The van der Waals surface area contributed by atoms with Gasteiger partial charge in [0.1, 0.15) is 23.2 Å². The van der Waals surface area contributed by atoms with Gasteiger partial charge in [-0.05, 0) is 26.0 Å². The van der Waals surface area contributed by atoms with Crippen molar-refractivity contribution in [1.82, 2.24) is 9.97 Å². The van der Waals surface area contributed by atoms with Crippen LogP contribution < -0.4 is 21.3 Å². The van der Waals surface area contributed by atoms with E-state index in [9.17, 15) is 0 Å². The first-order valence-electron chi connectivity index (χ1n) is 6.44. The average molecular weight is 308 g/mol. The standard InChI is InChI=1S/C14H18ClN5O/c1-8-13(18-9(2)19-14(8)20-16)17-7-10-11(15)5-4-6-12(10)21-3/h4-6H,7,16H2,1-3H3,(H2,17,18,19,20). The van der Waals surface area contributed by atoms with E-state index in [1.54, 1.807) is 7.11 Å². The molecule has 0 spiro atoms.